The number of rotatable bonds is 5. The zero-order chi connectivity index (χ0) is 17.7. The third kappa shape index (κ3) is 5.37. The topological polar surface area (TPSA) is 75.9 Å². The third-order valence-corrected chi connectivity index (χ3v) is 3.52. The number of nitro benzene ring substituents is 1. The van der Waals surface area contributed by atoms with Gasteiger partial charge in [0.15, 0.2) is 6.61 Å². The van der Waals surface area contributed by atoms with E-state index in [-0.39, 0.29) is 50.1 Å². The number of ether oxygens (including phenoxy) is 1. The number of piperazine rings is 1. The van der Waals surface area contributed by atoms with Gasteiger partial charge < -0.3 is 9.64 Å². The minimum atomic E-state index is -4.25. The molecule has 1 aliphatic heterocycles. The molecule has 1 amide bonds. The fourth-order valence-electron chi connectivity index (χ4n) is 2.33. The summed E-state index contributed by atoms with van der Waals surface area (Å²) in [6, 6.07) is 5.43. The number of nitro groups is 1. The lowest BCUT2D eigenvalue weighted by atomic mass is 10.3. The van der Waals surface area contributed by atoms with Gasteiger partial charge in [0.05, 0.1) is 17.5 Å². The van der Waals surface area contributed by atoms with E-state index in [4.69, 9.17) is 4.74 Å². The number of carbonyl (C=O) groups excluding carboxylic acids is 1. The van der Waals surface area contributed by atoms with Crippen LogP contribution in [0.25, 0.3) is 0 Å². The van der Waals surface area contributed by atoms with Crippen molar-refractivity contribution in [3.63, 3.8) is 0 Å². The van der Waals surface area contributed by atoms with Crippen LogP contribution in [0.4, 0.5) is 18.9 Å². The molecule has 0 saturated carbocycles. The Morgan fingerprint density at radius 1 is 1.25 bits per heavy atom. The van der Waals surface area contributed by atoms with E-state index in [9.17, 15) is 28.1 Å². The zero-order valence-electron chi connectivity index (χ0n) is 12.7. The highest BCUT2D eigenvalue weighted by atomic mass is 19.4. The molecule has 1 aromatic carbocycles. The lowest BCUT2D eigenvalue weighted by Gasteiger charge is -2.34. The number of carbonyl (C=O) groups is 1. The lowest BCUT2D eigenvalue weighted by Crippen LogP contribution is -2.51. The van der Waals surface area contributed by atoms with Gasteiger partial charge in [-0.15, -0.1) is 0 Å². The van der Waals surface area contributed by atoms with Crippen LogP contribution < -0.4 is 4.74 Å². The van der Waals surface area contributed by atoms with Crippen molar-refractivity contribution in [2.75, 3.05) is 39.3 Å². The van der Waals surface area contributed by atoms with Crippen LogP contribution in [0.3, 0.4) is 0 Å². The molecular formula is C14H16F3N3O4. The van der Waals surface area contributed by atoms with Crippen LogP contribution in [0, 0.1) is 10.1 Å². The van der Waals surface area contributed by atoms with Gasteiger partial charge in [-0.25, -0.2) is 0 Å². The first-order valence-electron chi connectivity index (χ1n) is 7.19. The molecule has 1 saturated heterocycles. The Kier molecular flexibility index (Phi) is 5.60. The van der Waals surface area contributed by atoms with Gasteiger partial charge >= 0.3 is 6.18 Å². The molecule has 0 aromatic heterocycles. The van der Waals surface area contributed by atoms with Crippen molar-refractivity contribution in [1.29, 1.82) is 0 Å². The Balaban J connectivity index is 1.80. The fourth-order valence-corrected chi connectivity index (χ4v) is 2.33. The van der Waals surface area contributed by atoms with Gasteiger partial charge in [0.1, 0.15) is 5.75 Å². The van der Waals surface area contributed by atoms with E-state index in [1.807, 2.05) is 0 Å². The van der Waals surface area contributed by atoms with Crippen molar-refractivity contribution in [1.82, 2.24) is 9.80 Å². The highest BCUT2D eigenvalue weighted by Crippen LogP contribution is 2.20. The average Bonchev–Trinajstić information content (AvgIpc) is 2.52. The van der Waals surface area contributed by atoms with Crippen molar-refractivity contribution >= 4 is 11.6 Å². The van der Waals surface area contributed by atoms with E-state index in [1.165, 1.54) is 34.1 Å². The summed E-state index contributed by atoms with van der Waals surface area (Å²) in [7, 11) is 0. The summed E-state index contributed by atoms with van der Waals surface area (Å²) in [5.41, 5.74) is -0.152. The molecule has 0 spiro atoms. The first-order chi connectivity index (χ1) is 11.2. The molecular weight excluding hydrogens is 331 g/mol. The molecule has 1 aliphatic rings. The molecule has 1 fully saturated rings. The molecule has 0 bridgehead atoms. The average molecular weight is 347 g/mol. The van der Waals surface area contributed by atoms with Crippen LogP contribution in [0.15, 0.2) is 24.3 Å². The number of nitrogens with zero attached hydrogens (tertiary/aromatic N) is 3. The Morgan fingerprint density at radius 2 is 1.92 bits per heavy atom. The summed E-state index contributed by atoms with van der Waals surface area (Å²) in [5.74, 6) is -0.179. The summed E-state index contributed by atoms with van der Waals surface area (Å²) >= 11 is 0. The maximum absolute atomic E-state index is 12.3. The van der Waals surface area contributed by atoms with E-state index < -0.39 is 17.6 Å². The lowest BCUT2D eigenvalue weighted by molar-refractivity contribution is -0.384. The van der Waals surface area contributed by atoms with Crippen LogP contribution in [-0.4, -0.2) is 66.1 Å². The number of alkyl halides is 3. The Morgan fingerprint density at radius 3 is 2.50 bits per heavy atom. The van der Waals surface area contributed by atoms with Gasteiger partial charge in [-0.2, -0.15) is 13.2 Å². The quantitative estimate of drug-likeness (QED) is 0.598. The standard InChI is InChI=1S/C14H16F3N3O4/c15-14(16,17)10-18-4-6-19(7-5-18)13(21)9-24-12-3-1-2-11(8-12)20(22)23/h1-3,8H,4-7,9-10H2. The molecule has 0 aliphatic carbocycles. The molecule has 0 atom stereocenters. The summed E-state index contributed by atoms with van der Waals surface area (Å²) in [4.78, 5) is 24.8. The molecule has 0 radical (unpaired) electrons. The molecule has 10 heteroatoms. The van der Waals surface area contributed by atoms with Gasteiger partial charge in [-0.05, 0) is 6.07 Å². The van der Waals surface area contributed by atoms with Crippen molar-refractivity contribution in [3.8, 4) is 5.75 Å². The molecule has 7 nitrogen and oxygen atoms in total. The molecule has 2 rings (SSSR count). The van der Waals surface area contributed by atoms with Gasteiger partial charge in [0.25, 0.3) is 11.6 Å². The van der Waals surface area contributed by atoms with Crippen LogP contribution in [-0.2, 0) is 4.79 Å². The summed E-state index contributed by atoms with van der Waals surface area (Å²) in [5, 5.41) is 10.7. The first-order valence-corrected chi connectivity index (χ1v) is 7.19. The number of hydrogen-bond donors (Lipinski definition) is 0. The van der Waals surface area contributed by atoms with E-state index in [0.29, 0.717) is 0 Å². The second kappa shape index (κ2) is 7.47. The highest BCUT2D eigenvalue weighted by molar-refractivity contribution is 5.77. The normalized spacial score (nSPS) is 16.0. The third-order valence-electron chi connectivity index (χ3n) is 3.52. The largest absolute Gasteiger partial charge is 0.484 e. The first kappa shape index (κ1) is 18.0. The fraction of sp³-hybridized carbons (Fsp3) is 0.500. The summed E-state index contributed by atoms with van der Waals surface area (Å²) < 4.78 is 42.1. The van der Waals surface area contributed by atoms with Gasteiger partial charge in [0, 0.05) is 32.2 Å². The minimum Gasteiger partial charge on any atom is -0.484 e. The Hall–Kier alpha value is -2.36. The Labute approximate surface area is 135 Å². The summed E-state index contributed by atoms with van der Waals surface area (Å²) in [6.07, 6.45) is -4.25. The SMILES string of the molecule is O=C(COc1cccc([N+](=O)[O-])c1)N1CCN(CC(F)(F)F)CC1. The number of benzene rings is 1. The number of amides is 1. The maximum Gasteiger partial charge on any atom is 0.401 e. The maximum atomic E-state index is 12.3. The summed E-state index contributed by atoms with van der Waals surface area (Å²) in [6.45, 7) is -0.649. The van der Waals surface area contributed by atoms with Crippen LogP contribution in [0.5, 0.6) is 5.75 Å². The van der Waals surface area contributed by atoms with E-state index in [2.05, 4.69) is 0 Å². The van der Waals surface area contributed by atoms with Crippen LogP contribution in [0.1, 0.15) is 0 Å². The number of hydrogen-bond acceptors (Lipinski definition) is 5. The van der Waals surface area contributed by atoms with Crippen molar-refractivity contribution < 1.29 is 27.6 Å². The molecule has 1 heterocycles. The number of non-ortho nitro benzene ring substituents is 1. The predicted octanol–water partition coefficient (Wildman–Crippen LogP) is 1.68. The van der Waals surface area contributed by atoms with Gasteiger partial charge in [-0.3, -0.25) is 19.8 Å². The second-order valence-corrected chi connectivity index (χ2v) is 5.32. The van der Waals surface area contributed by atoms with Gasteiger partial charge in [0.2, 0.25) is 0 Å². The zero-order valence-corrected chi connectivity index (χ0v) is 12.7. The Bertz CT molecular complexity index is 601. The smallest absolute Gasteiger partial charge is 0.401 e. The second-order valence-electron chi connectivity index (χ2n) is 5.32. The predicted molar refractivity (Wildman–Crippen MR) is 77.7 cm³/mol. The van der Waals surface area contributed by atoms with Crippen LogP contribution >= 0.6 is 0 Å². The van der Waals surface area contributed by atoms with Crippen molar-refractivity contribution in [3.05, 3.63) is 34.4 Å². The molecule has 132 valence electrons. The highest BCUT2D eigenvalue weighted by Gasteiger charge is 2.32. The molecule has 0 unspecified atom stereocenters. The van der Waals surface area contributed by atoms with Gasteiger partial charge in [-0.1, -0.05) is 6.07 Å². The minimum absolute atomic E-state index is 0.141. The molecule has 1 aromatic rings. The van der Waals surface area contributed by atoms with E-state index in [1.54, 1.807) is 0 Å². The van der Waals surface area contributed by atoms with Crippen LogP contribution in [0.2, 0.25) is 0 Å². The van der Waals surface area contributed by atoms with E-state index >= 15 is 0 Å². The number of halogens is 3. The van der Waals surface area contributed by atoms with Crippen molar-refractivity contribution in [2.45, 2.75) is 6.18 Å². The van der Waals surface area contributed by atoms with E-state index in [0.717, 1.165) is 0 Å². The monoisotopic (exact) mass is 347 g/mol. The molecule has 24 heavy (non-hydrogen) atoms. The van der Waals surface area contributed by atoms with Crippen molar-refractivity contribution in [2.24, 2.45) is 0 Å². The molecule has 0 N–H and O–H groups in total.